The van der Waals surface area contributed by atoms with Crippen molar-refractivity contribution >= 4 is 70.4 Å². The number of nitrogens with zero attached hydrogens (tertiary/aromatic N) is 2. The number of benzene rings is 9. The van der Waals surface area contributed by atoms with Gasteiger partial charge >= 0.3 is 0 Å². The second kappa shape index (κ2) is 13.8. The fourth-order valence-electron chi connectivity index (χ4n) is 8.68. The lowest BCUT2D eigenvalue weighted by molar-refractivity contribution is 1.18. The van der Waals surface area contributed by atoms with Gasteiger partial charge in [0.2, 0.25) is 0 Å². The maximum absolute atomic E-state index is 2.49. The summed E-state index contributed by atoms with van der Waals surface area (Å²) >= 11 is 1.88. The minimum Gasteiger partial charge on any atom is -0.309 e. The summed E-state index contributed by atoms with van der Waals surface area (Å²) in [6.45, 7) is 0. The highest BCUT2D eigenvalue weighted by Crippen LogP contribution is 2.51. The first-order chi connectivity index (χ1) is 28.3. The van der Waals surface area contributed by atoms with Crippen molar-refractivity contribution in [2.45, 2.75) is 0 Å². The fraction of sp³-hybridized carbons (Fsp3) is 0. The predicted octanol–water partition coefficient (Wildman–Crippen LogP) is 15.6. The molecule has 0 aliphatic heterocycles. The first-order valence-corrected chi connectivity index (χ1v) is 20.3. The predicted molar refractivity (Wildman–Crippen MR) is 245 cm³/mol. The van der Waals surface area contributed by atoms with Crippen LogP contribution in [0.2, 0.25) is 0 Å². The Bertz CT molecular complexity index is 3190. The van der Waals surface area contributed by atoms with E-state index in [0.29, 0.717) is 0 Å². The van der Waals surface area contributed by atoms with E-state index in [2.05, 4.69) is 228 Å². The maximum Gasteiger partial charge on any atom is 0.0555 e. The van der Waals surface area contributed by atoms with Crippen molar-refractivity contribution in [3.63, 3.8) is 0 Å². The zero-order valence-electron chi connectivity index (χ0n) is 31.1. The van der Waals surface area contributed by atoms with Crippen LogP contribution in [0.4, 0.5) is 17.1 Å². The summed E-state index contributed by atoms with van der Waals surface area (Å²) in [6, 6.07) is 79.3. The molecule has 0 fully saturated rings. The molecule has 2 aromatic heterocycles. The number of rotatable bonds is 7. The van der Waals surface area contributed by atoms with E-state index in [-0.39, 0.29) is 0 Å². The Morgan fingerprint density at radius 1 is 0.368 bits per heavy atom. The average molecular weight is 745 g/mol. The second-order valence-electron chi connectivity index (χ2n) is 14.5. The standard InChI is InChI=1S/C54H36N2S/c1-3-18-37(19-4-1)39-22-17-23-40(36-39)55(47-29-12-7-24-41(47)38-20-5-2-6-21-38)51-35-34-45(54-53(51)46-28-11-16-33-52(46)57-54)44-27-10-15-32-50(44)56-48-30-13-8-25-42(48)43-26-9-14-31-49(43)56/h1-36H. The molecule has 0 saturated carbocycles. The van der Waals surface area contributed by atoms with Crippen molar-refractivity contribution in [3.05, 3.63) is 218 Å². The summed E-state index contributed by atoms with van der Waals surface area (Å²) in [6.07, 6.45) is 0. The van der Waals surface area contributed by atoms with E-state index in [1.54, 1.807) is 0 Å². The van der Waals surface area contributed by atoms with Gasteiger partial charge in [0, 0.05) is 53.3 Å². The largest absolute Gasteiger partial charge is 0.309 e. The Morgan fingerprint density at radius 3 is 1.70 bits per heavy atom. The van der Waals surface area contributed by atoms with Crippen LogP contribution in [0.25, 0.3) is 81.0 Å². The second-order valence-corrected chi connectivity index (χ2v) is 15.5. The van der Waals surface area contributed by atoms with Crippen molar-refractivity contribution < 1.29 is 0 Å². The zero-order valence-corrected chi connectivity index (χ0v) is 31.9. The highest BCUT2D eigenvalue weighted by Gasteiger charge is 2.24. The molecule has 0 spiro atoms. The normalized spacial score (nSPS) is 11.5. The van der Waals surface area contributed by atoms with Gasteiger partial charge in [-0.25, -0.2) is 0 Å². The summed E-state index contributed by atoms with van der Waals surface area (Å²) < 4.78 is 4.98. The van der Waals surface area contributed by atoms with Crippen LogP contribution in [-0.4, -0.2) is 4.57 Å². The van der Waals surface area contributed by atoms with Crippen molar-refractivity contribution in [1.29, 1.82) is 0 Å². The van der Waals surface area contributed by atoms with Gasteiger partial charge in [0.1, 0.15) is 0 Å². The van der Waals surface area contributed by atoms with E-state index >= 15 is 0 Å². The molecule has 11 aromatic rings. The molecule has 2 nitrogen and oxygen atoms in total. The van der Waals surface area contributed by atoms with E-state index in [0.717, 1.165) is 17.1 Å². The molecule has 0 unspecified atom stereocenters. The number of aromatic nitrogens is 1. The number of thiophene rings is 1. The van der Waals surface area contributed by atoms with Gasteiger partial charge in [-0.15, -0.1) is 11.3 Å². The van der Waals surface area contributed by atoms with Crippen LogP contribution in [0.1, 0.15) is 0 Å². The third-order valence-corrected chi connectivity index (χ3v) is 12.4. The van der Waals surface area contributed by atoms with E-state index in [4.69, 9.17) is 0 Å². The first-order valence-electron chi connectivity index (χ1n) is 19.4. The summed E-state index contributed by atoms with van der Waals surface area (Å²) in [4.78, 5) is 2.49. The lowest BCUT2D eigenvalue weighted by Gasteiger charge is -2.29. The maximum atomic E-state index is 2.49. The molecular formula is C54H36N2S. The van der Waals surface area contributed by atoms with Crippen LogP contribution in [0.3, 0.4) is 0 Å². The van der Waals surface area contributed by atoms with Crippen molar-refractivity contribution in [2.24, 2.45) is 0 Å². The van der Waals surface area contributed by atoms with E-state index in [1.165, 1.54) is 81.0 Å². The number of anilines is 3. The van der Waals surface area contributed by atoms with Crippen LogP contribution in [-0.2, 0) is 0 Å². The zero-order chi connectivity index (χ0) is 37.7. The summed E-state index contributed by atoms with van der Waals surface area (Å²) in [5.41, 5.74) is 14.1. The number of hydrogen-bond donors (Lipinski definition) is 0. The molecule has 9 aromatic carbocycles. The molecule has 0 atom stereocenters. The molecule has 0 aliphatic carbocycles. The molecule has 0 saturated heterocycles. The third kappa shape index (κ3) is 5.55. The molecular weight excluding hydrogens is 709 g/mol. The number of fused-ring (bicyclic) bond motifs is 6. The van der Waals surface area contributed by atoms with Crippen LogP contribution in [0.5, 0.6) is 0 Å². The number of para-hydroxylation sites is 4. The molecule has 0 bridgehead atoms. The molecule has 11 rings (SSSR count). The van der Waals surface area contributed by atoms with E-state index in [9.17, 15) is 0 Å². The van der Waals surface area contributed by atoms with Gasteiger partial charge in [-0.3, -0.25) is 0 Å². The Labute approximate surface area is 335 Å². The van der Waals surface area contributed by atoms with Crippen LogP contribution >= 0.6 is 11.3 Å². The first kappa shape index (κ1) is 33.2. The van der Waals surface area contributed by atoms with Gasteiger partial charge in [-0.2, -0.15) is 0 Å². The monoisotopic (exact) mass is 744 g/mol. The molecule has 2 heterocycles. The molecule has 0 amide bonds. The highest BCUT2D eigenvalue weighted by atomic mass is 32.1. The molecule has 0 radical (unpaired) electrons. The topological polar surface area (TPSA) is 8.17 Å². The Morgan fingerprint density at radius 2 is 0.947 bits per heavy atom. The van der Waals surface area contributed by atoms with Crippen molar-refractivity contribution in [2.75, 3.05) is 4.90 Å². The van der Waals surface area contributed by atoms with Gasteiger partial charge in [-0.1, -0.05) is 170 Å². The smallest absolute Gasteiger partial charge is 0.0555 e. The number of hydrogen-bond acceptors (Lipinski definition) is 2. The van der Waals surface area contributed by atoms with Gasteiger partial charge in [0.25, 0.3) is 0 Å². The van der Waals surface area contributed by atoms with Crippen LogP contribution in [0.15, 0.2) is 218 Å². The molecule has 268 valence electrons. The Hall–Kier alpha value is -7.20. The quantitative estimate of drug-likeness (QED) is 0.158. The van der Waals surface area contributed by atoms with Gasteiger partial charge < -0.3 is 9.47 Å². The van der Waals surface area contributed by atoms with Gasteiger partial charge in [0.05, 0.1) is 28.1 Å². The highest BCUT2D eigenvalue weighted by molar-refractivity contribution is 7.26. The molecule has 3 heteroatoms. The van der Waals surface area contributed by atoms with E-state index in [1.807, 2.05) is 11.3 Å². The lowest BCUT2D eigenvalue weighted by Crippen LogP contribution is -2.12. The summed E-state index contributed by atoms with van der Waals surface area (Å²) in [5, 5.41) is 5.02. The van der Waals surface area contributed by atoms with Gasteiger partial charge in [-0.05, 0) is 65.2 Å². The fourth-order valence-corrected chi connectivity index (χ4v) is 9.93. The molecule has 0 N–H and O–H groups in total. The van der Waals surface area contributed by atoms with Gasteiger partial charge in [0.15, 0.2) is 0 Å². The summed E-state index contributed by atoms with van der Waals surface area (Å²) in [7, 11) is 0. The summed E-state index contributed by atoms with van der Waals surface area (Å²) in [5.74, 6) is 0. The minimum atomic E-state index is 1.11. The molecule has 0 aliphatic rings. The molecule has 57 heavy (non-hydrogen) atoms. The van der Waals surface area contributed by atoms with Crippen molar-refractivity contribution in [1.82, 2.24) is 4.57 Å². The Balaban J connectivity index is 1.20. The third-order valence-electron chi connectivity index (χ3n) is 11.2. The minimum absolute atomic E-state index is 1.11. The average Bonchev–Trinajstić information content (AvgIpc) is 3.84. The van der Waals surface area contributed by atoms with E-state index < -0.39 is 0 Å². The van der Waals surface area contributed by atoms with Crippen LogP contribution < -0.4 is 4.90 Å². The SMILES string of the molecule is c1ccc(-c2cccc(N(c3ccccc3-c3ccccc3)c3ccc(-c4ccccc4-n4c5ccccc5c5ccccc54)c4sc5ccccc5c34)c2)cc1. The van der Waals surface area contributed by atoms with Crippen LogP contribution in [0, 0.1) is 0 Å². The lowest BCUT2D eigenvalue weighted by atomic mass is 9.97. The Kier molecular flexibility index (Phi) is 8.04. The van der Waals surface area contributed by atoms with Crippen molar-refractivity contribution in [3.8, 4) is 39.1 Å².